The van der Waals surface area contributed by atoms with Gasteiger partial charge in [0.15, 0.2) is 5.78 Å². The van der Waals surface area contributed by atoms with Crippen LogP contribution in [0.25, 0.3) is 0 Å². The van der Waals surface area contributed by atoms with E-state index in [0.717, 1.165) is 5.56 Å². The predicted octanol–water partition coefficient (Wildman–Crippen LogP) is 4.16. The fourth-order valence-electron chi connectivity index (χ4n) is 2.98. The van der Waals surface area contributed by atoms with Gasteiger partial charge in [-0.25, -0.2) is 4.79 Å². The number of ketones is 1. The fourth-order valence-corrected chi connectivity index (χ4v) is 3.19. The zero-order valence-corrected chi connectivity index (χ0v) is 16.6. The van der Waals surface area contributed by atoms with Crippen LogP contribution in [0, 0.1) is 13.8 Å². The highest BCUT2D eigenvalue weighted by Crippen LogP contribution is 2.22. The van der Waals surface area contributed by atoms with Gasteiger partial charge in [-0.05, 0) is 58.0 Å². The number of aryl methyl sites for hydroxylation is 1. The first kappa shape index (κ1) is 20.2. The number of Topliss-reactive ketones (excluding diaryl/α,β-unsaturated/α-hetero) is 1. The van der Waals surface area contributed by atoms with Crippen LogP contribution in [0.3, 0.4) is 0 Å². The van der Waals surface area contributed by atoms with E-state index in [9.17, 15) is 9.59 Å². The maximum atomic E-state index is 13.0. The molecule has 0 saturated carbocycles. The van der Waals surface area contributed by atoms with Gasteiger partial charge in [-0.1, -0.05) is 23.7 Å². The minimum absolute atomic E-state index is 0.0642. The van der Waals surface area contributed by atoms with Crippen molar-refractivity contribution in [2.45, 2.75) is 40.3 Å². The second-order valence-corrected chi connectivity index (χ2v) is 6.87. The van der Waals surface area contributed by atoms with E-state index in [2.05, 4.69) is 4.98 Å². The largest absolute Gasteiger partial charge is 0.462 e. The molecule has 0 aliphatic heterocycles. The van der Waals surface area contributed by atoms with Crippen molar-refractivity contribution in [1.82, 2.24) is 9.88 Å². The van der Waals surface area contributed by atoms with Crippen LogP contribution < -0.4 is 0 Å². The number of rotatable bonds is 7. The summed E-state index contributed by atoms with van der Waals surface area (Å²) >= 11 is 6.03. The molecular formula is C20H25ClN2O3. The van der Waals surface area contributed by atoms with Gasteiger partial charge in [-0.2, -0.15) is 0 Å². The number of hydrogen-bond acceptors (Lipinski definition) is 4. The summed E-state index contributed by atoms with van der Waals surface area (Å²) < 4.78 is 5.09. The Bertz CT molecular complexity index is 813. The molecule has 0 aliphatic carbocycles. The third-order valence-electron chi connectivity index (χ3n) is 4.53. The SMILES string of the molecule is CCOC(=O)c1c(C)[nH]c(C(=O)[C@H](C)N(C)Cc2cccc(Cl)c2)c1C. The Hall–Kier alpha value is -2.11. The first-order chi connectivity index (χ1) is 12.3. The zero-order valence-electron chi connectivity index (χ0n) is 15.9. The van der Waals surface area contributed by atoms with E-state index in [1.54, 1.807) is 20.8 Å². The highest BCUT2D eigenvalue weighted by Gasteiger charge is 2.27. The molecule has 0 bridgehead atoms. The highest BCUT2D eigenvalue weighted by molar-refractivity contribution is 6.30. The summed E-state index contributed by atoms with van der Waals surface area (Å²) in [5, 5.41) is 0.671. The van der Waals surface area contributed by atoms with Crippen LogP contribution in [-0.2, 0) is 11.3 Å². The second-order valence-electron chi connectivity index (χ2n) is 6.43. The number of carbonyl (C=O) groups excluding carboxylic acids is 2. The average molecular weight is 377 g/mol. The molecule has 0 saturated heterocycles. The van der Waals surface area contributed by atoms with Gasteiger partial charge in [-0.3, -0.25) is 9.69 Å². The number of halogens is 1. The maximum Gasteiger partial charge on any atom is 0.340 e. The number of aromatic amines is 1. The van der Waals surface area contributed by atoms with Crippen LogP contribution in [0.1, 0.15) is 51.5 Å². The molecule has 0 amide bonds. The van der Waals surface area contributed by atoms with Crippen LogP contribution in [0.15, 0.2) is 24.3 Å². The minimum Gasteiger partial charge on any atom is -0.462 e. The van der Waals surface area contributed by atoms with Gasteiger partial charge in [-0.15, -0.1) is 0 Å². The van der Waals surface area contributed by atoms with Crippen molar-refractivity contribution in [2.24, 2.45) is 0 Å². The monoisotopic (exact) mass is 376 g/mol. The Morgan fingerprint density at radius 3 is 2.62 bits per heavy atom. The van der Waals surface area contributed by atoms with Crippen molar-refractivity contribution in [2.75, 3.05) is 13.7 Å². The number of nitrogens with one attached hydrogen (secondary N) is 1. The van der Waals surface area contributed by atoms with Gasteiger partial charge in [0.25, 0.3) is 0 Å². The lowest BCUT2D eigenvalue weighted by molar-refractivity contribution is 0.0525. The molecule has 0 aliphatic rings. The fraction of sp³-hybridized carbons (Fsp3) is 0.400. The van der Waals surface area contributed by atoms with Crippen molar-refractivity contribution in [1.29, 1.82) is 0 Å². The van der Waals surface area contributed by atoms with E-state index in [0.29, 0.717) is 40.7 Å². The van der Waals surface area contributed by atoms with Gasteiger partial charge >= 0.3 is 5.97 Å². The molecule has 1 aromatic carbocycles. The first-order valence-corrected chi connectivity index (χ1v) is 8.99. The number of benzene rings is 1. The lowest BCUT2D eigenvalue weighted by Crippen LogP contribution is -2.36. The quantitative estimate of drug-likeness (QED) is 0.582. The summed E-state index contributed by atoms with van der Waals surface area (Å²) in [7, 11) is 1.89. The number of ether oxygens (including phenoxy) is 1. The van der Waals surface area contributed by atoms with E-state index in [4.69, 9.17) is 16.3 Å². The molecule has 26 heavy (non-hydrogen) atoms. The van der Waals surface area contributed by atoms with E-state index < -0.39 is 5.97 Å². The van der Waals surface area contributed by atoms with Crippen LogP contribution in [0.2, 0.25) is 5.02 Å². The molecule has 0 fully saturated rings. The number of carbonyl (C=O) groups is 2. The third kappa shape index (κ3) is 4.34. The summed E-state index contributed by atoms with van der Waals surface area (Å²) in [6.07, 6.45) is 0. The highest BCUT2D eigenvalue weighted by atomic mass is 35.5. The standard InChI is InChI=1S/C20H25ClN2O3/c1-6-26-20(25)17-12(2)18(22-13(17)3)19(24)14(4)23(5)11-15-8-7-9-16(21)10-15/h7-10,14,22H,6,11H2,1-5H3/t14-/m0/s1. The molecule has 1 atom stereocenters. The van der Waals surface area contributed by atoms with Crippen molar-refractivity contribution >= 4 is 23.4 Å². The van der Waals surface area contributed by atoms with Gasteiger partial charge in [0.1, 0.15) is 0 Å². The third-order valence-corrected chi connectivity index (χ3v) is 4.76. The van der Waals surface area contributed by atoms with Crippen molar-refractivity contribution < 1.29 is 14.3 Å². The molecule has 0 spiro atoms. The second kappa shape index (κ2) is 8.52. The number of hydrogen-bond donors (Lipinski definition) is 1. The summed E-state index contributed by atoms with van der Waals surface area (Å²) in [5.41, 5.74) is 3.21. The molecule has 0 unspecified atom stereocenters. The minimum atomic E-state index is -0.405. The maximum absolute atomic E-state index is 13.0. The van der Waals surface area contributed by atoms with E-state index in [1.807, 2.05) is 43.1 Å². The summed E-state index contributed by atoms with van der Waals surface area (Å²) in [5.74, 6) is -0.469. The topological polar surface area (TPSA) is 62.4 Å². The van der Waals surface area contributed by atoms with Crippen molar-refractivity contribution in [3.05, 3.63) is 57.4 Å². The molecule has 1 aromatic heterocycles. The molecule has 0 radical (unpaired) electrons. The van der Waals surface area contributed by atoms with Crippen LogP contribution >= 0.6 is 11.6 Å². The lowest BCUT2D eigenvalue weighted by atomic mass is 10.0. The zero-order chi connectivity index (χ0) is 19.4. The summed E-state index contributed by atoms with van der Waals surface area (Å²) in [6, 6.07) is 7.21. The molecule has 1 N–H and O–H groups in total. The molecule has 140 valence electrons. The Labute approximate surface area is 159 Å². The molecule has 2 aromatic rings. The number of aromatic nitrogens is 1. The Morgan fingerprint density at radius 2 is 2.00 bits per heavy atom. The summed E-state index contributed by atoms with van der Waals surface area (Å²) in [4.78, 5) is 30.1. The Balaban J connectivity index is 2.20. The van der Waals surface area contributed by atoms with E-state index in [-0.39, 0.29) is 11.8 Å². The van der Waals surface area contributed by atoms with E-state index in [1.165, 1.54) is 0 Å². The summed E-state index contributed by atoms with van der Waals surface area (Å²) in [6.45, 7) is 8.05. The van der Waals surface area contributed by atoms with Crippen LogP contribution in [-0.4, -0.2) is 41.3 Å². The number of esters is 1. The lowest BCUT2D eigenvalue weighted by Gasteiger charge is -2.23. The van der Waals surface area contributed by atoms with Crippen molar-refractivity contribution in [3.8, 4) is 0 Å². The number of nitrogens with zero attached hydrogens (tertiary/aromatic N) is 1. The first-order valence-electron chi connectivity index (χ1n) is 8.61. The van der Waals surface area contributed by atoms with E-state index >= 15 is 0 Å². The smallest absolute Gasteiger partial charge is 0.340 e. The predicted molar refractivity (Wildman–Crippen MR) is 103 cm³/mol. The van der Waals surface area contributed by atoms with Crippen molar-refractivity contribution in [3.63, 3.8) is 0 Å². The molecule has 5 nitrogen and oxygen atoms in total. The molecule has 2 rings (SSSR count). The number of H-pyrrole nitrogens is 1. The Morgan fingerprint density at radius 1 is 1.31 bits per heavy atom. The molecular weight excluding hydrogens is 352 g/mol. The van der Waals surface area contributed by atoms with Gasteiger partial charge in [0.2, 0.25) is 0 Å². The van der Waals surface area contributed by atoms with Gasteiger partial charge in [0.05, 0.1) is 23.9 Å². The molecule has 1 heterocycles. The average Bonchev–Trinajstić information content (AvgIpc) is 2.88. The molecule has 6 heteroatoms. The number of likely N-dealkylation sites (N-methyl/N-ethyl adjacent to an activating group) is 1. The van der Waals surface area contributed by atoms with Crippen LogP contribution in [0.5, 0.6) is 0 Å². The Kier molecular flexibility index (Phi) is 6.62. The van der Waals surface area contributed by atoms with Gasteiger partial charge in [0, 0.05) is 17.3 Å². The van der Waals surface area contributed by atoms with Gasteiger partial charge < -0.3 is 9.72 Å². The van der Waals surface area contributed by atoms with Crippen LogP contribution in [0.4, 0.5) is 0 Å². The normalized spacial score (nSPS) is 12.3.